The van der Waals surface area contributed by atoms with Gasteiger partial charge in [0.1, 0.15) is 12.4 Å². The second-order valence-electron chi connectivity index (χ2n) is 4.04. The van der Waals surface area contributed by atoms with Gasteiger partial charge < -0.3 is 21.5 Å². The molecule has 0 bridgehead atoms. The van der Waals surface area contributed by atoms with E-state index in [9.17, 15) is 0 Å². The van der Waals surface area contributed by atoms with Crippen molar-refractivity contribution >= 4 is 5.69 Å². The fraction of sp³-hybridized carbons (Fsp3) is 0.333. The molecule has 0 spiro atoms. The molecule has 19 heavy (non-hydrogen) atoms. The molecular weight excluding hydrogens is 238 g/mol. The summed E-state index contributed by atoms with van der Waals surface area (Å²) in [5.74, 6) is 6.40. The molecule has 0 aliphatic carbocycles. The van der Waals surface area contributed by atoms with Crippen molar-refractivity contribution in [3.05, 3.63) is 36.0 Å². The topological polar surface area (TPSA) is 73.3 Å². The average Bonchev–Trinajstić information content (AvgIpc) is 2.40. The maximum Gasteiger partial charge on any atom is 0.149 e. The Balaban J connectivity index is 0.00000361. The van der Waals surface area contributed by atoms with E-state index in [1.54, 1.807) is 13.1 Å². The molecule has 1 rings (SSSR count). The van der Waals surface area contributed by atoms with Crippen molar-refractivity contribution in [1.29, 1.82) is 0 Å². The Bertz CT molecular complexity index is 490. The summed E-state index contributed by atoms with van der Waals surface area (Å²) in [6.45, 7) is 4.56. The van der Waals surface area contributed by atoms with Gasteiger partial charge in [0.05, 0.1) is 5.69 Å². The van der Waals surface area contributed by atoms with Crippen LogP contribution >= 0.6 is 0 Å². The van der Waals surface area contributed by atoms with E-state index in [-0.39, 0.29) is 7.47 Å². The number of ether oxygens (including phenoxy) is 1. The molecular formula is C15H23N3O. The van der Waals surface area contributed by atoms with Crippen LogP contribution < -0.4 is 21.5 Å². The van der Waals surface area contributed by atoms with Crippen LogP contribution in [0.4, 0.5) is 5.69 Å². The predicted molar refractivity (Wildman–Crippen MR) is 81.9 cm³/mol. The zero-order valence-electron chi connectivity index (χ0n) is 11.4. The molecule has 0 aliphatic rings. The van der Waals surface area contributed by atoms with Crippen molar-refractivity contribution < 1.29 is 6.16 Å². The summed E-state index contributed by atoms with van der Waals surface area (Å²) in [5, 5.41) is 3.13. The number of benzene rings is 1. The van der Waals surface area contributed by atoms with Crippen molar-refractivity contribution in [1.82, 2.24) is 0 Å². The van der Waals surface area contributed by atoms with Gasteiger partial charge in [-0.2, -0.15) is 0 Å². The predicted octanol–water partition coefficient (Wildman–Crippen LogP) is 2.24. The molecule has 4 nitrogen and oxygen atoms in total. The number of hydrogen-bond acceptors (Lipinski definition) is 4. The van der Waals surface area contributed by atoms with Crippen molar-refractivity contribution in [2.45, 2.75) is 19.9 Å². The minimum Gasteiger partial charge on any atom is -0.479 e. The minimum atomic E-state index is -0.0340. The molecule has 0 radical (unpaired) electrons. The molecule has 0 fully saturated rings. The third kappa shape index (κ3) is 5.04. The van der Waals surface area contributed by atoms with Crippen LogP contribution in [0.25, 0.3) is 0 Å². The van der Waals surface area contributed by atoms with E-state index in [1.807, 2.05) is 31.2 Å². The maximum atomic E-state index is 5.87. The van der Waals surface area contributed by atoms with Gasteiger partial charge in [0.25, 0.3) is 0 Å². The van der Waals surface area contributed by atoms with Gasteiger partial charge in [0.15, 0.2) is 0 Å². The Kier molecular flexibility index (Phi) is 6.51. The number of rotatable bonds is 6. The molecule has 1 aromatic carbocycles. The molecule has 5 N–H and O–H groups in total. The van der Waals surface area contributed by atoms with Crippen LogP contribution in [-0.4, -0.2) is 13.2 Å². The Morgan fingerprint density at radius 2 is 2.32 bits per heavy atom. The summed E-state index contributed by atoms with van der Waals surface area (Å²) < 4.78 is 5.64. The lowest BCUT2D eigenvalue weighted by atomic mass is 10.1. The summed E-state index contributed by atoms with van der Waals surface area (Å²) in [5.41, 5.74) is 13.2. The van der Waals surface area contributed by atoms with E-state index >= 15 is 0 Å². The van der Waals surface area contributed by atoms with E-state index < -0.39 is 0 Å². The Labute approximate surface area is 116 Å². The average molecular weight is 261 g/mol. The molecule has 0 saturated heterocycles. The van der Waals surface area contributed by atoms with Crippen LogP contribution in [0, 0.1) is 11.8 Å². The van der Waals surface area contributed by atoms with Gasteiger partial charge in [0, 0.05) is 14.0 Å². The lowest BCUT2D eigenvalue weighted by Crippen LogP contribution is -2.06. The van der Waals surface area contributed by atoms with Gasteiger partial charge in [0.2, 0.25) is 0 Å². The van der Waals surface area contributed by atoms with Crippen molar-refractivity contribution in [3.63, 3.8) is 0 Å². The second kappa shape index (κ2) is 8.20. The van der Waals surface area contributed by atoms with Crippen LogP contribution in [-0.2, 0) is 0 Å². The monoisotopic (exact) mass is 261 g/mol. The first kappa shape index (κ1) is 15.1. The zero-order chi connectivity index (χ0) is 14.1. The molecule has 1 aromatic rings. The molecule has 104 valence electrons. The highest BCUT2D eigenvalue weighted by atomic mass is 16.5. The summed E-state index contributed by atoms with van der Waals surface area (Å²) in [6, 6.07) is 5.81. The highest BCUT2D eigenvalue weighted by molar-refractivity contribution is 5.59. The van der Waals surface area contributed by atoms with Gasteiger partial charge in [-0.3, -0.25) is 0 Å². The number of hydrogen-bond donors (Lipinski definition) is 3. The lowest BCUT2D eigenvalue weighted by Gasteiger charge is -2.13. The van der Waals surface area contributed by atoms with Gasteiger partial charge in [-0.15, -0.1) is 5.92 Å². The van der Waals surface area contributed by atoms with Crippen LogP contribution in [0.1, 0.15) is 26.9 Å². The van der Waals surface area contributed by atoms with E-state index in [1.165, 1.54) is 0 Å². The second-order valence-corrected chi connectivity index (χ2v) is 4.04. The molecule has 0 amide bonds. The SMILES string of the molecule is CC#CCOc1cc([C@@H](C)N)ccc1N/C=C\CN.[HH]. The first-order valence-corrected chi connectivity index (χ1v) is 6.22. The third-order valence-electron chi connectivity index (χ3n) is 2.50. The number of nitrogens with two attached hydrogens (primary N) is 2. The van der Waals surface area contributed by atoms with E-state index in [0.717, 1.165) is 17.0 Å². The van der Waals surface area contributed by atoms with Crippen molar-refractivity contribution in [2.24, 2.45) is 11.5 Å². The lowest BCUT2D eigenvalue weighted by molar-refractivity contribution is 0.371. The number of nitrogens with one attached hydrogen (secondary N) is 1. The highest BCUT2D eigenvalue weighted by Gasteiger charge is 2.06. The van der Waals surface area contributed by atoms with Gasteiger partial charge in [-0.25, -0.2) is 0 Å². The molecule has 0 heterocycles. The first-order valence-electron chi connectivity index (χ1n) is 6.22. The summed E-state index contributed by atoms with van der Waals surface area (Å²) in [7, 11) is 0. The number of anilines is 1. The summed E-state index contributed by atoms with van der Waals surface area (Å²) >= 11 is 0. The van der Waals surface area contributed by atoms with Gasteiger partial charge >= 0.3 is 0 Å². The Morgan fingerprint density at radius 1 is 1.53 bits per heavy atom. The largest absolute Gasteiger partial charge is 0.479 e. The fourth-order valence-electron chi connectivity index (χ4n) is 1.46. The van der Waals surface area contributed by atoms with Crippen molar-refractivity contribution in [3.8, 4) is 17.6 Å². The van der Waals surface area contributed by atoms with Crippen molar-refractivity contribution in [2.75, 3.05) is 18.5 Å². The standard InChI is InChI=1S/C15H21N3O.H2/c1-3-4-10-19-15-11-13(12(2)17)6-7-14(15)18-9-5-8-16;/h5-7,9,11-12,18H,8,10,16-17H2,1-2H3;1H/b9-5-;/t12-;/m1./s1. The maximum absolute atomic E-state index is 5.87. The molecule has 0 aliphatic heterocycles. The van der Waals surface area contributed by atoms with Gasteiger partial charge in [-0.05, 0) is 37.7 Å². The fourth-order valence-corrected chi connectivity index (χ4v) is 1.46. The molecule has 0 saturated carbocycles. The zero-order valence-corrected chi connectivity index (χ0v) is 11.4. The molecule has 4 heteroatoms. The highest BCUT2D eigenvalue weighted by Crippen LogP contribution is 2.28. The van der Waals surface area contributed by atoms with Gasteiger partial charge in [-0.1, -0.05) is 18.1 Å². The Hall–Kier alpha value is -1.96. The van der Waals surface area contributed by atoms with E-state index in [4.69, 9.17) is 16.2 Å². The van der Waals surface area contributed by atoms with E-state index in [0.29, 0.717) is 13.2 Å². The third-order valence-corrected chi connectivity index (χ3v) is 2.50. The minimum absolute atomic E-state index is 0. The first-order chi connectivity index (χ1) is 9.19. The molecule has 1 atom stereocenters. The smallest absolute Gasteiger partial charge is 0.149 e. The van der Waals surface area contributed by atoms with Crippen LogP contribution in [0.15, 0.2) is 30.5 Å². The normalized spacial score (nSPS) is 11.8. The molecule has 0 unspecified atom stereocenters. The summed E-state index contributed by atoms with van der Waals surface area (Å²) in [6.07, 6.45) is 3.62. The summed E-state index contributed by atoms with van der Waals surface area (Å²) in [4.78, 5) is 0. The van der Waals surface area contributed by atoms with E-state index in [2.05, 4.69) is 17.2 Å². The quantitative estimate of drug-likeness (QED) is 0.687. The molecule has 0 aromatic heterocycles. The Morgan fingerprint density at radius 3 is 2.95 bits per heavy atom. The van der Waals surface area contributed by atoms with Crippen LogP contribution in [0.3, 0.4) is 0 Å². The van der Waals surface area contributed by atoms with Crippen LogP contribution in [0.2, 0.25) is 0 Å². The van der Waals surface area contributed by atoms with Crippen LogP contribution in [0.5, 0.6) is 5.75 Å².